The minimum atomic E-state index is -0.0854. The Balaban J connectivity index is 1.44. The van der Waals surface area contributed by atoms with E-state index in [1.54, 1.807) is 13.0 Å². The molecule has 1 atom stereocenters. The number of hydrogen-bond acceptors (Lipinski definition) is 6. The zero-order valence-corrected chi connectivity index (χ0v) is 14.2. The van der Waals surface area contributed by atoms with Crippen LogP contribution in [0.25, 0.3) is 0 Å². The second kappa shape index (κ2) is 6.76. The minimum absolute atomic E-state index is 0.0854. The van der Waals surface area contributed by atoms with E-state index in [2.05, 4.69) is 21.4 Å². The van der Waals surface area contributed by atoms with Crippen molar-refractivity contribution in [3.05, 3.63) is 35.6 Å². The number of hydrogen-bond donors (Lipinski definition) is 1. The highest BCUT2D eigenvalue weighted by molar-refractivity contribution is 5.91. The SMILES string of the molecule is Cc1cc(NC(=O)CN2CCCC2c2ccc3c(c2)OCCO3)no1. The average Bonchev–Trinajstić information content (AvgIpc) is 3.23. The summed E-state index contributed by atoms with van der Waals surface area (Å²) < 4.78 is 16.2. The Morgan fingerprint density at radius 3 is 2.92 bits per heavy atom. The van der Waals surface area contributed by atoms with Crippen LogP contribution in [0.4, 0.5) is 5.82 Å². The molecule has 132 valence electrons. The van der Waals surface area contributed by atoms with Crippen molar-refractivity contribution >= 4 is 11.7 Å². The normalized spacial score (nSPS) is 19.8. The van der Waals surface area contributed by atoms with E-state index in [4.69, 9.17) is 14.0 Å². The average molecular weight is 343 g/mol. The van der Waals surface area contributed by atoms with Gasteiger partial charge in [0.25, 0.3) is 0 Å². The molecule has 0 radical (unpaired) electrons. The van der Waals surface area contributed by atoms with Gasteiger partial charge in [0.15, 0.2) is 17.3 Å². The number of rotatable bonds is 4. The summed E-state index contributed by atoms with van der Waals surface area (Å²) in [6, 6.07) is 7.98. The molecule has 1 amide bonds. The Labute approximate surface area is 145 Å². The monoisotopic (exact) mass is 343 g/mol. The molecule has 0 bridgehead atoms. The van der Waals surface area contributed by atoms with Gasteiger partial charge in [-0.2, -0.15) is 0 Å². The Morgan fingerprint density at radius 1 is 1.28 bits per heavy atom. The van der Waals surface area contributed by atoms with Crippen molar-refractivity contribution in [2.45, 2.75) is 25.8 Å². The summed E-state index contributed by atoms with van der Waals surface area (Å²) in [7, 11) is 0. The lowest BCUT2D eigenvalue weighted by molar-refractivity contribution is -0.117. The van der Waals surface area contributed by atoms with Gasteiger partial charge in [-0.05, 0) is 44.0 Å². The van der Waals surface area contributed by atoms with Crippen molar-refractivity contribution in [2.24, 2.45) is 0 Å². The van der Waals surface area contributed by atoms with Crippen LogP contribution in [0.15, 0.2) is 28.8 Å². The number of likely N-dealkylation sites (tertiary alicyclic amines) is 1. The molecule has 7 heteroatoms. The summed E-state index contributed by atoms with van der Waals surface area (Å²) in [5, 5.41) is 6.58. The molecule has 2 aromatic rings. The predicted molar refractivity (Wildman–Crippen MR) is 90.8 cm³/mol. The van der Waals surface area contributed by atoms with E-state index >= 15 is 0 Å². The predicted octanol–water partition coefficient (Wildman–Crippen LogP) is 2.53. The lowest BCUT2D eigenvalue weighted by Gasteiger charge is -2.26. The van der Waals surface area contributed by atoms with Gasteiger partial charge < -0.3 is 19.3 Å². The number of aryl methyl sites for hydroxylation is 1. The highest BCUT2D eigenvalue weighted by atomic mass is 16.6. The van der Waals surface area contributed by atoms with Gasteiger partial charge in [-0.1, -0.05) is 11.2 Å². The topological polar surface area (TPSA) is 76.8 Å². The molecule has 1 saturated heterocycles. The second-order valence-electron chi connectivity index (χ2n) is 6.40. The molecule has 7 nitrogen and oxygen atoms in total. The quantitative estimate of drug-likeness (QED) is 0.919. The summed E-state index contributed by atoms with van der Waals surface area (Å²) in [6.45, 7) is 4.17. The largest absolute Gasteiger partial charge is 0.486 e. The molecule has 0 saturated carbocycles. The van der Waals surface area contributed by atoms with Crippen LogP contribution in [0.5, 0.6) is 11.5 Å². The van der Waals surface area contributed by atoms with Gasteiger partial charge in [-0.3, -0.25) is 9.69 Å². The van der Waals surface area contributed by atoms with Crippen molar-refractivity contribution in [2.75, 3.05) is 31.6 Å². The van der Waals surface area contributed by atoms with Crippen LogP contribution >= 0.6 is 0 Å². The standard InChI is InChI=1S/C18H21N3O4/c1-12-9-17(20-25-12)19-18(22)11-21-6-2-3-14(21)13-4-5-15-16(10-13)24-8-7-23-15/h4-5,9-10,14H,2-3,6-8,11H2,1H3,(H,19,20,22). The Kier molecular flexibility index (Phi) is 4.31. The Hall–Kier alpha value is -2.54. The summed E-state index contributed by atoms with van der Waals surface area (Å²) in [4.78, 5) is 14.5. The fraction of sp³-hybridized carbons (Fsp3) is 0.444. The van der Waals surface area contributed by atoms with Gasteiger partial charge in [0.1, 0.15) is 19.0 Å². The smallest absolute Gasteiger partial charge is 0.239 e. The van der Waals surface area contributed by atoms with Crippen LogP contribution in [0.1, 0.15) is 30.2 Å². The molecular weight excluding hydrogens is 322 g/mol. The molecule has 1 N–H and O–H groups in total. The molecule has 1 fully saturated rings. The van der Waals surface area contributed by atoms with Crippen LogP contribution in [-0.4, -0.2) is 42.3 Å². The molecule has 3 heterocycles. The molecule has 25 heavy (non-hydrogen) atoms. The third-order valence-electron chi connectivity index (χ3n) is 4.56. The summed E-state index contributed by atoms with van der Waals surface area (Å²) in [5.74, 6) is 2.62. The van der Waals surface area contributed by atoms with E-state index in [1.165, 1.54) is 0 Å². The molecule has 2 aliphatic heterocycles. The maximum Gasteiger partial charge on any atom is 0.239 e. The number of benzene rings is 1. The van der Waals surface area contributed by atoms with E-state index in [0.717, 1.165) is 36.4 Å². The molecular formula is C18H21N3O4. The first kappa shape index (κ1) is 16.0. The van der Waals surface area contributed by atoms with Crippen LogP contribution in [-0.2, 0) is 4.79 Å². The van der Waals surface area contributed by atoms with E-state index < -0.39 is 0 Å². The molecule has 0 spiro atoms. The molecule has 0 aliphatic carbocycles. The first-order valence-corrected chi connectivity index (χ1v) is 8.56. The molecule has 1 aromatic carbocycles. The fourth-order valence-corrected chi connectivity index (χ4v) is 3.45. The highest BCUT2D eigenvalue weighted by Gasteiger charge is 2.29. The van der Waals surface area contributed by atoms with Crippen molar-refractivity contribution in [1.29, 1.82) is 0 Å². The van der Waals surface area contributed by atoms with Crippen molar-refractivity contribution in [3.8, 4) is 11.5 Å². The first-order valence-electron chi connectivity index (χ1n) is 8.56. The minimum Gasteiger partial charge on any atom is -0.486 e. The van der Waals surface area contributed by atoms with Crippen molar-refractivity contribution in [1.82, 2.24) is 10.1 Å². The van der Waals surface area contributed by atoms with Crippen LogP contribution in [0.2, 0.25) is 0 Å². The third kappa shape index (κ3) is 3.46. The molecule has 2 aliphatic rings. The molecule has 4 rings (SSSR count). The molecule has 1 aromatic heterocycles. The van der Waals surface area contributed by atoms with Crippen molar-refractivity contribution in [3.63, 3.8) is 0 Å². The van der Waals surface area contributed by atoms with Gasteiger partial charge in [0.05, 0.1) is 6.54 Å². The number of fused-ring (bicyclic) bond motifs is 1. The van der Waals surface area contributed by atoms with Crippen molar-refractivity contribution < 1.29 is 18.8 Å². The van der Waals surface area contributed by atoms with Gasteiger partial charge in [0, 0.05) is 12.1 Å². The van der Waals surface area contributed by atoms with Crippen LogP contribution in [0.3, 0.4) is 0 Å². The van der Waals surface area contributed by atoms with Crippen LogP contribution < -0.4 is 14.8 Å². The highest BCUT2D eigenvalue weighted by Crippen LogP contribution is 2.37. The zero-order chi connectivity index (χ0) is 17.2. The molecule has 1 unspecified atom stereocenters. The number of anilines is 1. The van der Waals surface area contributed by atoms with Gasteiger partial charge in [0.2, 0.25) is 5.91 Å². The Bertz CT molecular complexity index is 773. The maximum absolute atomic E-state index is 12.3. The number of carbonyl (C=O) groups excluding carboxylic acids is 1. The van der Waals surface area contributed by atoms with Gasteiger partial charge in [-0.25, -0.2) is 0 Å². The summed E-state index contributed by atoms with van der Waals surface area (Å²) >= 11 is 0. The maximum atomic E-state index is 12.3. The summed E-state index contributed by atoms with van der Waals surface area (Å²) in [5.41, 5.74) is 1.16. The number of ether oxygens (including phenoxy) is 2. The number of aromatic nitrogens is 1. The zero-order valence-electron chi connectivity index (χ0n) is 14.2. The number of nitrogens with one attached hydrogen (secondary N) is 1. The number of amides is 1. The van der Waals surface area contributed by atoms with E-state index in [-0.39, 0.29) is 11.9 Å². The van der Waals surface area contributed by atoms with Crippen LogP contribution in [0, 0.1) is 6.92 Å². The lowest BCUT2D eigenvalue weighted by atomic mass is 10.0. The Morgan fingerprint density at radius 2 is 2.12 bits per heavy atom. The van der Waals surface area contributed by atoms with E-state index in [9.17, 15) is 4.79 Å². The summed E-state index contributed by atoms with van der Waals surface area (Å²) in [6.07, 6.45) is 2.09. The second-order valence-corrected chi connectivity index (χ2v) is 6.40. The fourth-order valence-electron chi connectivity index (χ4n) is 3.45. The number of carbonyl (C=O) groups is 1. The van der Waals surface area contributed by atoms with E-state index in [0.29, 0.717) is 31.3 Å². The number of nitrogens with zero attached hydrogens (tertiary/aromatic N) is 2. The third-order valence-corrected chi connectivity index (χ3v) is 4.56. The van der Waals surface area contributed by atoms with Gasteiger partial charge >= 0.3 is 0 Å². The first-order chi connectivity index (χ1) is 12.2. The lowest BCUT2D eigenvalue weighted by Crippen LogP contribution is -2.33. The van der Waals surface area contributed by atoms with E-state index in [1.807, 2.05) is 12.1 Å². The van der Waals surface area contributed by atoms with Gasteiger partial charge in [-0.15, -0.1) is 0 Å².